The Morgan fingerprint density at radius 2 is 1.72 bits per heavy atom. The van der Waals surface area contributed by atoms with Gasteiger partial charge in [0, 0.05) is 22.3 Å². The van der Waals surface area contributed by atoms with Gasteiger partial charge in [-0.05, 0) is 61.1 Å². The fraction of sp³-hybridized carbons (Fsp3) is 0.200. The average molecular weight is 562 g/mol. The van der Waals surface area contributed by atoms with E-state index in [9.17, 15) is 14.4 Å². The van der Waals surface area contributed by atoms with Crippen molar-refractivity contribution in [2.45, 2.75) is 19.8 Å². The molecule has 0 fully saturated rings. The molecule has 0 heterocycles. The number of hydrogen-bond acceptors (Lipinski definition) is 5. The zero-order chi connectivity index (χ0) is 23.7. The molecule has 2 aromatic rings. The SMILES string of the molecule is Cc1cc(Br)ccc1OCC(=O)NC(=S)NNC(=O)CCC(=O)Nc1ccc(Cl)cc1Cl. The minimum Gasteiger partial charge on any atom is -0.483 e. The van der Waals surface area contributed by atoms with Crippen LogP contribution in [0.3, 0.4) is 0 Å². The van der Waals surface area contributed by atoms with Crippen LogP contribution < -0.4 is 26.2 Å². The summed E-state index contributed by atoms with van der Waals surface area (Å²) in [6, 6.07) is 10.0. The molecular weight excluding hydrogens is 543 g/mol. The molecule has 8 nitrogen and oxygen atoms in total. The van der Waals surface area contributed by atoms with Crippen LogP contribution in [0.1, 0.15) is 18.4 Å². The quantitative estimate of drug-likeness (QED) is 0.302. The predicted octanol–water partition coefficient (Wildman–Crippen LogP) is 3.88. The molecule has 4 N–H and O–H groups in total. The van der Waals surface area contributed by atoms with Gasteiger partial charge in [0.1, 0.15) is 5.75 Å². The summed E-state index contributed by atoms with van der Waals surface area (Å²) in [4.78, 5) is 35.8. The molecule has 3 amide bonds. The van der Waals surface area contributed by atoms with Crippen molar-refractivity contribution in [3.63, 3.8) is 0 Å². The number of thiocarbonyl (C=S) groups is 1. The first-order valence-electron chi connectivity index (χ1n) is 9.16. The molecule has 0 saturated carbocycles. The molecule has 0 aromatic heterocycles. The number of anilines is 1. The van der Waals surface area contributed by atoms with Gasteiger partial charge in [0.15, 0.2) is 11.7 Å². The largest absolute Gasteiger partial charge is 0.483 e. The van der Waals surface area contributed by atoms with Gasteiger partial charge >= 0.3 is 0 Å². The molecule has 0 aliphatic carbocycles. The van der Waals surface area contributed by atoms with Gasteiger partial charge in [0.25, 0.3) is 5.91 Å². The molecular formula is C20H19BrCl2N4O4S. The van der Waals surface area contributed by atoms with E-state index in [1.54, 1.807) is 24.3 Å². The van der Waals surface area contributed by atoms with Crippen molar-refractivity contribution >= 4 is 79.9 Å². The fourth-order valence-electron chi connectivity index (χ4n) is 2.33. The molecule has 12 heteroatoms. The summed E-state index contributed by atoms with van der Waals surface area (Å²) >= 11 is 20.1. The van der Waals surface area contributed by atoms with Gasteiger partial charge in [-0.25, -0.2) is 0 Å². The third-order valence-electron chi connectivity index (χ3n) is 3.85. The molecule has 0 aliphatic heterocycles. The van der Waals surface area contributed by atoms with Crippen LogP contribution >= 0.6 is 51.3 Å². The number of halogens is 3. The maximum absolute atomic E-state index is 12.0. The van der Waals surface area contributed by atoms with Crippen molar-refractivity contribution in [3.8, 4) is 5.75 Å². The summed E-state index contributed by atoms with van der Waals surface area (Å²) in [6.45, 7) is 1.59. The van der Waals surface area contributed by atoms with Gasteiger partial charge in [0.05, 0.1) is 10.7 Å². The van der Waals surface area contributed by atoms with Crippen molar-refractivity contribution in [3.05, 3.63) is 56.5 Å². The first kappa shape index (κ1) is 25.9. The van der Waals surface area contributed by atoms with Crippen molar-refractivity contribution < 1.29 is 19.1 Å². The van der Waals surface area contributed by atoms with Crippen molar-refractivity contribution in [1.82, 2.24) is 16.2 Å². The highest BCUT2D eigenvalue weighted by molar-refractivity contribution is 9.10. The summed E-state index contributed by atoms with van der Waals surface area (Å²) in [6.07, 6.45) is -0.210. The number of amides is 3. The number of rotatable bonds is 7. The topological polar surface area (TPSA) is 109 Å². The molecule has 0 saturated heterocycles. The monoisotopic (exact) mass is 560 g/mol. The number of aryl methyl sites for hydroxylation is 1. The van der Waals surface area contributed by atoms with Crippen LogP contribution in [-0.4, -0.2) is 29.4 Å². The molecule has 0 spiro atoms. The van der Waals surface area contributed by atoms with E-state index in [0.717, 1.165) is 10.0 Å². The summed E-state index contributed by atoms with van der Waals surface area (Å²) in [5.41, 5.74) is 5.95. The third kappa shape index (κ3) is 8.99. The molecule has 0 radical (unpaired) electrons. The van der Waals surface area contributed by atoms with E-state index >= 15 is 0 Å². The van der Waals surface area contributed by atoms with Crippen molar-refractivity contribution in [2.24, 2.45) is 0 Å². The number of benzene rings is 2. The number of hydrogen-bond donors (Lipinski definition) is 4. The van der Waals surface area contributed by atoms with Crippen LogP contribution in [-0.2, 0) is 14.4 Å². The highest BCUT2D eigenvalue weighted by Crippen LogP contribution is 2.25. The maximum Gasteiger partial charge on any atom is 0.264 e. The maximum atomic E-state index is 12.0. The minimum atomic E-state index is -0.502. The van der Waals surface area contributed by atoms with Crippen LogP contribution in [0.15, 0.2) is 40.9 Å². The Morgan fingerprint density at radius 1 is 1.00 bits per heavy atom. The van der Waals surface area contributed by atoms with Gasteiger partial charge in [-0.2, -0.15) is 0 Å². The lowest BCUT2D eigenvalue weighted by Gasteiger charge is -2.12. The summed E-state index contributed by atoms with van der Waals surface area (Å²) in [7, 11) is 0. The number of carbonyl (C=O) groups excluding carboxylic acids is 3. The van der Waals surface area contributed by atoms with Gasteiger partial charge in [0.2, 0.25) is 11.8 Å². The molecule has 0 bridgehead atoms. The van der Waals surface area contributed by atoms with E-state index in [1.807, 2.05) is 13.0 Å². The van der Waals surface area contributed by atoms with Crippen LogP contribution in [0, 0.1) is 6.92 Å². The number of nitrogens with one attached hydrogen (secondary N) is 4. The minimum absolute atomic E-state index is 0.0913. The lowest BCUT2D eigenvalue weighted by molar-refractivity contribution is -0.125. The highest BCUT2D eigenvalue weighted by atomic mass is 79.9. The van der Waals surface area contributed by atoms with Crippen molar-refractivity contribution in [1.29, 1.82) is 0 Å². The number of hydrazine groups is 1. The Hall–Kier alpha value is -2.40. The highest BCUT2D eigenvalue weighted by Gasteiger charge is 2.11. The van der Waals surface area contributed by atoms with E-state index in [1.165, 1.54) is 6.07 Å². The third-order valence-corrected chi connectivity index (χ3v) is 5.09. The van der Waals surface area contributed by atoms with Crippen LogP contribution in [0.25, 0.3) is 0 Å². The molecule has 170 valence electrons. The Bertz CT molecular complexity index is 1040. The second-order valence-electron chi connectivity index (χ2n) is 6.42. The van der Waals surface area contributed by atoms with Gasteiger partial charge in [-0.3, -0.25) is 30.6 Å². The fourth-order valence-corrected chi connectivity index (χ4v) is 3.43. The predicted molar refractivity (Wildman–Crippen MR) is 131 cm³/mol. The smallest absolute Gasteiger partial charge is 0.264 e. The zero-order valence-corrected chi connectivity index (χ0v) is 20.7. The molecule has 32 heavy (non-hydrogen) atoms. The van der Waals surface area contributed by atoms with Crippen LogP contribution in [0.2, 0.25) is 10.0 Å². The Kier molecular flexibility index (Phi) is 10.2. The average Bonchev–Trinajstić information content (AvgIpc) is 2.72. The van der Waals surface area contributed by atoms with E-state index in [0.29, 0.717) is 16.5 Å². The first-order valence-corrected chi connectivity index (χ1v) is 11.1. The van der Waals surface area contributed by atoms with E-state index in [4.69, 9.17) is 40.2 Å². The molecule has 2 rings (SSSR count). The first-order chi connectivity index (χ1) is 15.1. The van der Waals surface area contributed by atoms with Crippen LogP contribution in [0.5, 0.6) is 5.75 Å². The lowest BCUT2D eigenvalue weighted by atomic mass is 10.2. The molecule has 2 aromatic carbocycles. The second kappa shape index (κ2) is 12.6. The second-order valence-corrected chi connectivity index (χ2v) is 8.59. The Labute approximate surface area is 208 Å². The molecule has 0 atom stereocenters. The molecule has 0 aliphatic rings. The van der Waals surface area contributed by atoms with Gasteiger partial charge in [-0.1, -0.05) is 39.1 Å². The van der Waals surface area contributed by atoms with E-state index in [2.05, 4.69) is 37.4 Å². The normalized spacial score (nSPS) is 10.1. The zero-order valence-electron chi connectivity index (χ0n) is 16.8. The van der Waals surface area contributed by atoms with Gasteiger partial charge < -0.3 is 10.1 Å². The Morgan fingerprint density at radius 3 is 2.41 bits per heavy atom. The van der Waals surface area contributed by atoms with Crippen LogP contribution in [0.4, 0.5) is 5.69 Å². The van der Waals surface area contributed by atoms with Gasteiger partial charge in [-0.15, -0.1) is 0 Å². The Balaban J connectivity index is 1.65. The summed E-state index contributed by atoms with van der Waals surface area (Å²) < 4.78 is 6.34. The number of ether oxygens (including phenoxy) is 1. The molecule has 0 unspecified atom stereocenters. The van der Waals surface area contributed by atoms with E-state index in [-0.39, 0.29) is 29.6 Å². The standard InChI is InChI=1S/C20H19BrCl2N4O4S/c1-11-8-12(21)2-5-16(11)31-10-19(30)25-20(32)27-26-18(29)7-6-17(28)24-15-4-3-13(22)9-14(15)23/h2-5,8-9H,6-7,10H2,1H3,(H,24,28)(H,26,29)(H2,25,27,30,32). The lowest BCUT2D eigenvalue weighted by Crippen LogP contribution is -2.49. The number of carbonyl (C=O) groups is 3. The van der Waals surface area contributed by atoms with E-state index < -0.39 is 17.7 Å². The summed E-state index contributed by atoms with van der Waals surface area (Å²) in [5, 5.41) is 5.58. The van der Waals surface area contributed by atoms with Crippen molar-refractivity contribution in [2.75, 3.05) is 11.9 Å². The summed E-state index contributed by atoms with van der Waals surface area (Å²) in [5.74, 6) is -0.840.